The van der Waals surface area contributed by atoms with Gasteiger partial charge in [0.15, 0.2) is 0 Å². The molecule has 6 saturated carbocycles. The van der Waals surface area contributed by atoms with Crippen molar-refractivity contribution < 1.29 is 10.2 Å². The molecule has 42 heavy (non-hydrogen) atoms. The molecular weight excluding hydrogens is 512 g/mol. The molecule has 0 heterocycles. The van der Waals surface area contributed by atoms with E-state index >= 15 is 0 Å². The van der Waals surface area contributed by atoms with Crippen LogP contribution < -0.4 is 0 Å². The fraction of sp³-hybridized carbons (Fsp3) is 0.700. The molecule has 6 aliphatic carbocycles. The number of aromatic hydroxyl groups is 2. The number of rotatable bonds is 8. The van der Waals surface area contributed by atoms with Gasteiger partial charge in [0.1, 0.15) is 11.5 Å². The number of hydrogen-bond donors (Lipinski definition) is 2. The fourth-order valence-electron chi connectivity index (χ4n) is 12.5. The van der Waals surface area contributed by atoms with Gasteiger partial charge in [-0.05, 0) is 145 Å². The molecule has 2 nitrogen and oxygen atoms in total. The van der Waals surface area contributed by atoms with Crippen LogP contribution in [0.25, 0.3) is 0 Å². The highest BCUT2D eigenvalue weighted by molar-refractivity contribution is 5.48. The van der Waals surface area contributed by atoms with Crippen LogP contribution in [0.4, 0.5) is 0 Å². The van der Waals surface area contributed by atoms with Gasteiger partial charge in [-0.15, -0.1) is 0 Å². The first-order valence-corrected chi connectivity index (χ1v) is 18.0. The van der Waals surface area contributed by atoms with Gasteiger partial charge < -0.3 is 10.2 Å². The lowest BCUT2D eigenvalue weighted by atomic mass is 9.32. The second-order valence-corrected chi connectivity index (χ2v) is 16.3. The first-order chi connectivity index (χ1) is 20.3. The first-order valence-electron chi connectivity index (χ1n) is 18.0. The molecule has 0 radical (unpaired) electrons. The minimum atomic E-state index is 0.180. The van der Waals surface area contributed by atoms with E-state index in [4.69, 9.17) is 0 Å². The van der Waals surface area contributed by atoms with E-state index in [2.05, 4.69) is 50.2 Å². The highest BCUT2D eigenvalue weighted by Crippen LogP contribution is 2.76. The molecule has 0 aromatic heterocycles. The molecule has 6 aliphatic rings. The molecule has 2 aromatic carbocycles. The van der Waals surface area contributed by atoms with E-state index in [-0.39, 0.29) is 10.8 Å². The third-order valence-electron chi connectivity index (χ3n) is 13.2. The topological polar surface area (TPSA) is 40.5 Å². The molecule has 2 heteroatoms. The van der Waals surface area contributed by atoms with Gasteiger partial charge in [-0.3, -0.25) is 0 Å². The Balaban J connectivity index is 1.36. The summed E-state index contributed by atoms with van der Waals surface area (Å²) in [6, 6.07) is 13.8. The summed E-state index contributed by atoms with van der Waals surface area (Å²) in [4.78, 5) is 0. The fourth-order valence-corrected chi connectivity index (χ4v) is 12.5. The van der Waals surface area contributed by atoms with Crippen LogP contribution in [-0.4, -0.2) is 10.2 Å². The van der Waals surface area contributed by atoms with E-state index < -0.39 is 0 Å². The molecule has 228 valence electrons. The highest BCUT2D eigenvalue weighted by Gasteiger charge is 2.68. The quantitative estimate of drug-likeness (QED) is 0.332. The van der Waals surface area contributed by atoms with Crippen molar-refractivity contribution in [1.29, 1.82) is 0 Å². The molecule has 2 aromatic rings. The lowest BCUT2D eigenvalue weighted by Gasteiger charge is -2.72. The Bertz CT molecular complexity index is 1170. The Morgan fingerprint density at radius 1 is 0.548 bits per heavy atom. The van der Waals surface area contributed by atoms with E-state index in [1.54, 1.807) is 0 Å². The normalized spacial score (nSPS) is 35.1. The third kappa shape index (κ3) is 4.82. The molecule has 0 amide bonds. The van der Waals surface area contributed by atoms with Crippen molar-refractivity contribution in [3.05, 3.63) is 58.7 Å². The maximum atomic E-state index is 11.1. The lowest BCUT2D eigenvalue weighted by molar-refractivity contribution is -0.148. The summed E-state index contributed by atoms with van der Waals surface area (Å²) in [5.74, 6) is 2.11. The van der Waals surface area contributed by atoms with E-state index in [9.17, 15) is 10.2 Å². The molecule has 8 rings (SSSR count). The van der Waals surface area contributed by atoms with Crippen molar-refractivity contribution in [2.45, 2.75) is 165 Å². The predicted molar refractivity (Wildman–Crippen MR) is 174 cm³/mol. The zero-order chi connectivity index (χ0) is 29.0. The molecule has 0 saturated heterocycles. The summed E-state index contributed by atoms with van der Waals surface area (Å²) in [6.45, 7) is 4.82. The average molecular weight is 569 g/mol. The number of phenolic OH excluding ortho intramolecular Hbond substituents is 2. The molecule has 0 unspecified atom stereocenters. The zero-order valence-corrected chi connectivity index (χ0v) is 26.7. The monoisotopic (exact) mass is 568 g/mol. The molecule has 0 spiro atoms. The highest BCUT2D eigenvalue weighted by atomic mass is 16.3. The average Bonchev–Trinajstić information content (AvgIpc) is 2.97. The zero-order valence-electron chi connectivity index (χ0n) is 26.7. The largest absolute Gasteiger partial charge is 0.508 e. The summed E-state index contributed by atoms with van der Waals surface area (Å²) in [6.07, 6.45) is 25.9. The number of hydrogen-bond acceptors (Lipinski definition) is 2. The smallest absolute Gasteiger partial charge is 0.119 e. The van der Waals surface area contributed by atoms with Crippen LogP contribution in [0.5, 0.6) is 11.5 Å². The molecular formula is C40H56O2. The van der Waals surface area contributed by atoms with Crippen LogP contribution in [0.15, 0.2) is 36.4 Å². The Hall–Kier alpha value is -1.96. The van der Waals surface area contributed by atoms with Crippen LogP contribution in [-0.2, 0) is 10.8 Å². The Morgan fingerprint density at radius 3 is 1.33 bits per heavy atom. The van der Waals surface area contributed by atoms with Gasteiger partial charge in [-0.1, -0.05) is 89.5 Å². The number of benzene rings is 2. The van der Waals surface area contributed by atoms with Gasteiger partial charge in [-0.25, -0.2) is 0 Å². The van der Waals surface area contributed by atoms with Gasteiger partial charge in [0, 0.05) is 0 Å². The Morgan fingerprint density at radius 2 is 0.952 bits per heavy atom. The summed E-state index contributed by atoms with van der Waals surface area (Å²) in [5, 5.41) is 22.2. The van der Waals surface area contributed by atoms with Gasteiger partial charge in [0.05, 0.1) is 0 Å². The number of phenols is 2. The Labute approximate surface area is 255 Å². The molecule has 6 fully saturated rings. The second-order valence-electron chi connectivity index (χ2n) is 16.3. The molecule has 4 bridgehead atoms. The van der Waals surface area contributed by atoms with Gasteiger partial charge in [-0.2, -0.15) is 0 Å². The van der Waals surface area contributed by atoms with E-state index in [1.807, 2.05) is 0 Å². The van der Waals surface area contributed by atoms with Crippen molar-refractivity contribution in [2.24, 2.45) is 10.8 Å². The first kappa shape index (κ1) is 28.8. The van der Waals surface area contributed by atoms with Crippen LogP contribution in [0.3, 0.4) is 0 Å². The molecule has 0 aliphatic heterocycles. The van der Waals surface area contributed by atoms with Gasteiger partial charge >= 0.3 is 0 Å². The van der Waals surface area contributed by atoms with E-state index in [1.165, 1.54) is 151 Å². The van der Waals surface area contributed by atoms with Crippen LogP contribution >= 0.6 is 0 Å². The van der Waals surface area contributed by atoms with Crippen LogP contribution in [0.2, 0.25) is 0 Å². The van der Waals surface area contributed by atoms with Crippen LogP contribution in [0, 0.1) is 10.8 Å². The van der Waals surface area contributed by atoms with Crippen molar-refractivity contribution >= 4 is 0 Å². The summed E-state index contributed by atoms with van der Waals surface area (Å²) < 4.78 is 0. The summed E-state index contributed by atoms with van der Waals surface area (Å²) >= 11 is 0. The Kier molecular flexibility index (Phi) is 7.46. The standard InChI is InChI=1S/C40H56O2/c1-3-19-37-23-38(20-4-2)26-39(24-37,31-15-17-35(41)33(21-31)29-11-7-5-8-12-29)28-40(25-37,27-38)32-16-18-36(42)34(22-32)30-13-9-6-10-14-30/h15-18,21-22,29-30,41-42H,3-14,19-20,23-28H2,1-2H3. The SMILES string of the molecule is CCCC12CC3(CCC)CC(c4ccc(O)c(C5CCCCC5)c4)(C1)CC(c1ccc(O)c(C4CCCCC4)c1)(C2)C3. The van der Waals surface area contributed by atoms with Crippen molar-refractivity contribution in [3.8, 4) is 11.5 Å². The van der Waals surface area contributed by atoms with Crippen molar-refractivity contribution in [1.82, 2.24) is 0 Å². The van der Waals surface area contributed by atoms with Crippen LogP contribution in [0.1, 0.15) is 176 Å². The third-order valence-corrected chi connectivity index (χ3v) is 13.2. The molecule has 0 atom stereocenters. The minimum Gasteiger partial charge on any atom is -0.508 e. The second kappa shape index (κ2) is 10.9. The molecule has 2 N–H and O–H groups in total. The summed E-state index contributed by atoms with van der Waals surface area (Å²) in [5.41, 5.74) is 6.71. The van der Waals surface area contributed by atoms with E-state index in [0.717, 1.165) is 0 Å². The van der Waals surface area contributed by atoms with Gasteiger partial charge in [0.25, 0.3) is 0 Å². The predicted octanol–water partition coefficient (Wildman–Crippen LogP) is 11.3. The van der Waals surface area contributed by atoms with Gasteiger partial charge in [0.2, 0.25) is 0 Å². The van der Waals surface area contributed by atoms with E-state index in [0.29, 0.717) is 34.2 Å². The minimum absolute atomic E-state index is 0.180. The maximum Gasteiger partial charge on any atom is 0.119 e. The lowest BCUT2D eigenvalue weighted by Crippen LogP contribution is -2.64. The van der Waals surface area contributed by atoms with Crippen molar-refractivity contribution in [2.75, 3.05) is 0 Å². The summed E-state index contributed by atoms with van der Waals surface area (Å²) in [7, 11) is 0. The van der Waals surface area contributed by atoms with Crippen molar-refractivity contribution in [3.63, 3.8) is 0 Å². The maximum absolute atomic E-state index is 11.1.